The van der Waals surface area contributed by atoms with Crippen LogP contribution in [0.2, 0.25) is 0 Å². The Morgan fingerprint density at radius 2 is 2.16 bits per heavy atom. The molecule has 1 aliphatic rings. The summed E-state index contributed by atoms with van der Waals surface area (Å²) in [6, 6.07) is 3.78. The number of hydrogen-bond acceptors (Lipinski definition) is 4. The third-order valence-electron chi connectivity index (χ3n) is 3.52. The van der Waals surface area contributed by atoms with Gasteiger partial charge < -0.3 is 10.1 Å². The van der Waals surface area contributed by atoms with Gasteiger partial charge in [-0.15, -0.1) is 0 Å². The van der Waals surface area contributed by atoms with Gasteiger partial charge in [0.25, 0.3) is 5.69 Å². The molecule has 1 aliphatic heterocycles. The highest BCUT2D eigenvalue weighted by molar-refractivity contribution is 5.50. The van der Waals surface area contributed by atoms with Gasteiger partial charge in [0.2, 0.25) is 0 Å². The number of benzene rings is 1. The molecule has 1 saturated heterocycles. The van der Waals surface area contributed by atoms with E-state index in [0.29, 0.717) is 11.6 Å². The molecule has 1 heterocycles. The predicted octanol–water partition coefficient (Wildman–Crippen LogP) is 2.96. The van der Waals surface area contributed by atoms with E-state index in [1.165, 1.54) is 12.1 Å². The topological polar surface area (TPSA) is 64.4 Å². The van der Waals surface area contributed by atoms with Gasteiger partial charge in [-0.3, -0.25) is 10.1 Å². The molecule has 0 unspecified atom stereocenters. The second-order valence-corrected chi connectivity index (χ2v) is 4.80. The van der Waals surface area contributed by atoms with Crippen molar-refractivity contribution < 1.29 is 14.1 Å². The molecule has 1 aromatic carbocycles. The first-order chi connectivity index (χ1) is 9.08. The van der Waals surface area contributed by atoms with E-state index in [4.69, 9.17) is 4.74 Å². The second-order valence-electron chi connectivity index (χ2n) is 4.80. The maximum atomic E-state index is 13.7. The van der Waals surface area contributed by atoms with Crippen LogP contribution in [0.25, 0.3) is 0 Å². The normalized spacial score (nSPS) is 18.0. The molecular weight excluding hydrogens is 251 g/mol. The largest absolute Gasteiger partial charge is 0.381 e. The van der Waals surface area contributed by atoms with E-state index < -0.39 is 10.7 Å². The summed E-state index contributed by atoms with van der Waals surface area (Å²) in [5.74, 6) is -0.156. The number of nitrogens with one attached hydrogen (secondary N) is 1. The van der Waals surface area contributed by atoms with Crippen molar-refractivity contribution in [3.63, 3.8) is 0 Å². The highest BCUT2D eigenvalue weighted by Crippen LogP contribution is 2.25. The molecule has 0 bridgehead atoms. The highest BCUT2D eigenvalue weighted by Gasteiger charge is 2.21. The van der Waals surface area contributed by atoms with Crippen LogP contribution in [0, 0.1) is 21.8 Å². The third kappa shape index (κ3) is 3.41. The number of ether oxygens (including phenoxy) is 1. The van der Waals surface area contributed by atoms with E-state index in [2.05, 4.69) is 5.32 Å². The maximum absolute atomic E-state index is 13.7. The first-order valence-electron chi connectivity index (χ1n) is 6.36. The van der Waals surface area contributed by atoms with Crippen molar-refractivity contribution in [1.29, 1.82) is 0 Å². The van der Waals surface area contributed by atoms with Gasteiger partial charge in [-0.2, -0.15) is 0 Å². The number of nitro benzene ring substituents is 1. The molecule has 19 heavy (non-hydrogen) atoms. The van der Waals surface area contributed by atoms with E-state index in [0.717, 1.165) is 32.1 Å². The smallest absolute Gasteiger partial charge is 0.272 e. The van der Waals surface area contributed by atoms with Gasteiger partial charge in [0.15, 0.2) is 5.82 Å². The van der Waals surface area contributed by atoms with Gasteiger partial charge in [-0.25, -0.2) is 4.39 Å². The fourth-order valence-corrected chi connectivity index (χ4v) is 2.31. The van der Waals surface area contributed by atoms with Crippen molar-refractivity contribution in [2.24, 2.45) is 5.92 Å². The molecule has 5 nitrogen and oxygen atoms in total. The molecule has 2 rings (SSSR count). The van der Waals surface area contributed by atoms with Crippen LogP contribution in [-0.2, 0) is 4.74 Å². The zero-order valence-electron chi connectivity index (χ0n) is 10.8. The molecule has 1 N–H and O–H groups in total. The molecule has 1 fully saturated rings. The predicted molar refractivity (Wildman–Crippen MR) is 69.7 cm³/mol. The standard InChI is InChI=1S/C13H17FN2O3/c1-9(10-4-6-19-7-5-10)15-13-3-2-11(16(17)18)8-12(13)14/h2-3,8-10,15H,4-7H2,1H3/t9-/m1/s1. The third-order valence-corrected chi connectivity index (χ3v) is 3.52. The molecule has 1 atom stereocenters. The van der Waals surface area contributed by atoms with E-state index >= 15 is 0 Å². The van der Waals surface area contributed by atoms with Crippen LogP contribution in [0.5, 0.6) is 0 Å². The van der Waals surface area contributed by atoms with Crippen LogP contribution < -0.4 is 5.32 Å². The summed E-state index contributed by atoms with van der Waals surface area (Å²) in [4.78, 5) is 9.94. The lowest BCUT2D eigenvalue weighted by Crippen LogP contribution is -2.31. The number of hydrogen-bond donors (Lipinski definition) is 1. The van der Waals surface area contributed by atoms with Crippen LogP contribution in [0.15, 0.2) is 18.2 Å². The molecular formula is C13H17FN2O3. The fourth-order valence-electron chi connectivity index (χ4n) is 2.31. The van der Waals surface area contributed by atoms with E-state index in [9.17, 15) is 14.5 Å². The lowest BCUT2D eigenvalue weighted by molar-refractivity contribution is -0.385. The van der Waals surface area contributed by atoms with Crippen molar-refractivity contribution in [2.45, 2.75) is 25.8 Å². The molecule has 0 aromatic heterocycles. The van der Waals surface area contributed by atoms with Crippen LogP contribution >= 0.6 is 0 Å². The minimum absolute atomic E-state index is 0.111. The first-order valence-corrected chi connectivity index (χ1v) is 6.36. The van der Waals surface area contributed by atoms with Gasteiger partial charge in [0, 0.05) is 25.3 Å². The Morgan fingerprint density at radius 1 is 1.47 bits per heavy atom. The monoisotopic (exact) mass is 268 g/mol. The Bertz CT molecular complexity index is 461. The number of rotatable bonds is 4. The summed E-state index contributed by atoms with van der Waals surface area (Å²) >= 11 is 0. The summed E-state index contributed by atoms with van der Waals surface area (Å²) < 4.78 is 19.0. The zero-order valence-corrected chi connectivity index (χ0v) is 10.8. The van der Waals surface area contributed by atoms with Gasteiger partial charge in [-0.05, 0) is 31.7 Å². The Morgan fingerprint density at radius 3 is 2.74 bits per heavy atom. The maximum Gasteiger partial charge on any atom is 0.272 e. The SMILES string of the molecule is C[C@@H](Nc1ccc([N+](=O)[O-])cc1F)C1CCOCC1. The molecule has 6 heteroatoms. The minimum Gasteiger partial charge on any atom is -0.381 e. The molecule has 104 valence electrons. The number of nitrogens with zero attached hydrogens (tertiary/aromatic N) is 1. The first kappa shape index (κ1) is 13.7. The summed E-state index contributed by atoms with van der Waals surface area (Å²) in [5.41, 5.74) is 0.0753. The van der Waals surface area contributed by atoms with E-state index in [-0.39, 0.29) is 11.7 Å². The summed E-state index contributed by atoms with van der Waals surface area (Å²) in [6.45, 7) is 3.47. The minimum atomic E-state index is -0.602. The van der Waals surface area contributed by atoms with Crippen LogP contribution in [0.3, 0.4) is 0 Å². The summed E-state index contributed by atoms with van der Waals surface area (Å²) in [5, 5.41) is 13.6. The number of non-ortho nitro benzene ring substituents is 1. The van der Waals surface area contributed by atoms with Gasteiger partial charge in [0.1, 0.15) is 0 Å². The quantitative estimate of drug-likeness (QED) is 0.673. The van der Waals surface area contributed by atoms with E-state index in [1.54, 1.807) is 0 Å². The van der Waals surface area contributed by atoms with Crippen LogP contribution in [-0.4, -0.2) is 24.2 Å². The molecule has 0 amide bonds. The van der Waals surface area contributed by atoms with Gasteiger partial charge >= 0.3 is 0 Å². The Labute approximate surface area is 110 Å². The average molecular weight is 268 g/mol. The van der Waals surface area contributed by atoms with Crippen LogP contribution in [0.4, 0.5) is 15.8 Å². The highest BCUT2D eigenvalue weighted by atomic mass is 19.1. The lowest BCUT2D eigenvalue weighted by atomic mass is 9.93. The average Bonchev–Trinajstić information content (AvgIpc) is 2.41. The number of anilines is 1. The van der Waals surface area contributed by atoms with E-state index in [1.807, 2.05) is 6.92 Å². The molecule has 0 radical (unpaired) electrons. The number of nitro groups is 1. The fraction of sp³-hybridized carbons (Fsp3) is 0.538. The lowest BCUT2D eigenvalue weighted by Gasteiger charge is -2.29. The Hall–Kier alpha value is -1.69. The molecule has 0 aliphatic carbocycles. The van der Waals surface area contributed by atoms with Crippen molar-refractivity contribution >= 4 is 11.4 Å². The molecule has 0 spiro atoms. The Kier molecular flexibility index (Phi) is 4.31. The van der Waals surface area contributed by atoms with Crippen molar-refractivity contribution in [2.75, 3.05) is 18.5 Å². The van der Waals surface area contributed by atoms with Crippen molar-refractivity contribution in [3.8, 4) is 0 Å². The Balaban J connectivity index is 2.03. The summed E-state index contributed by atoms with van der Waals surface area (Å²) in [7, 11) is 0. The van der Waals surface area contributed by atoms with Crippen molar-refractivity contribution in [1.82, 2.24) is 0 Å². The van der Waals surface area contributed by atoms with Crippen molar-refractivity contribution in [3.05, 3.63) is 34.1 Å². The summed E-state index contributed by atoms with van der Waals surface area (Å²) in [6.07, 6.45) is 1.89. The molecule has 0 saturated carbocycles. The second kappa shape index (κ2) is 5.97. The van der Waals surface area contributed by atoms with Crippen LogP contribution in [0.1, 0.15) is 19.8 Å². The molecule has 1 aromatic rings. The van der Waals surface area contributed by atoms with Gasteiger partial charge in [0.05, 0.1) is 16.7 Å². The number of halogens is 1. The van der Waals surface area contributed by atoms with Gasteiger partial charge in [-0.1, -0.05) is 0 Å². The zero-order chi connectivity index (χ0) is 13.8.